The zero-order chi connectivity index (χ0) is 23.8. The number of halogens is 2. The summed E-state index contributed by atoms with van der Waals surface area (Å²) in [7, 11) is 1.69. The van der Waals surface area contributed by atoms with Gasteiger partial charge in [-0.05, 0) is 50.1 Å². The number of hydrogen-bond acceptors (Lipinski definition) is 6. The summed E-state index contributed by atoms with van der Waals surface area (Å²) in [5, 5.41) is 16.3. The molecule has 174 valence electrons. The van der Waals surface area contributed by atoms with E-state index in [4.69, 9.17) is 5.11 Å². The van der Waals surface area contributed by atoms with Gasteiger partial charge >= 0.3 is 0 Å². The lowest BCUT2D eigenvalue weighted by atomic mass is 10.00. The van der Waals surface area contributed by atoms with Crippen LogP contribution in [0.4, 0.5) is 14.6 Å². The van der Waals surface area contributed by atoms with E-state index in [0.29, 0.717) is 40.3 Å². The van der Waals surface area contributed by atoms with Gasteiger partial charge in [0.25, 0.3) is 11.5 Å². The van der Waals surface area contributed by atoms with Gasteiger partial charge in [-0.25, -0.2) is 9.97 Å². The summed E-state index contributed by atoms with van der Waals surface area (Å²) in [6.07, 6.45) is 2.77. The molecule has 0 saturated carbocycles. The van der Waals surface area contributed by atoms with Crippen LogP contribution in [0.15, 0.2) is 41.2 Å². The fourth-order valence-electron chi connectivity index (χ4n) is 4.06. The van der Waals surface area contributed by atoms with E-state index in [1.165, 1.54) is 16.7 Å². The van der Waals surface area contributed by atoms with Crippen LogP contribution in [0.3, 0.4) is 0 Å². The third-order valence-corrected chi connectivity index (χ3v) is 5.95. The topological polar surface area (TPSA) is 92.1 Å². The van der Waals surface area contributed by atoms with Crippen LogP contribution in [-0.2, 0) is 13.0 Å². The van der Waals surface area contributed by atoms with Crippen LogP contribution in [0.1, 0.15) is 41.9 Å². The second-order valence-corrected chi connectivity index (χ2v) is 8.32. The molecular formula is C24H27F2N5O2. The Morgan fingerprint density at radius 1 is 1.30 bits per heavy atom. The van der Waals surface area contributed by atoms with E-state index in [-0.39, 0.29) is 17.2 Å². The third kappa shape index (κ3) is 4.51. The van der Waals surface area contributed by atoms with Gasteiger partial charge in [0.15, 0.2) is 0 Å². The van der Waals surface area contributed by atoms with Crippen molar-refractivity contribution in [3.8, 4) is 0 Å². The number of pyridine rings is 1. The fraction of sp³-hybridized carbons (Fsp3) is 0.375. The summed E-state index contributed by atoms with van der Waals surface area (Å²) in [5.74, 6) is -2.30. The first-order chi connectivity index (χ1) is 15.7. The van der Waals surface area contributed by atoms with E-state index in [9.17, 15) is 13.6 Å². The molecule has 0 fully saturated rings. The molecule has 0 spiro atoms. The first kappa shape index (κ1) is 23.0. The van der Waals surface area contributed by atoms with Crippen molar-refractivity contribution in [1.29, 1.82) is 0 Å². The van der Waals surface area contributed by atoms with Gasteiger partial charge in [-0.3, -0.25) is 9.36 Å². The minimum absolute atomic E-state index is 0.119. The molecule has 9 heteroatoms. The summed E-state index contributed by atoms with van der Waals surface area (Å²) in [5.41, 5.74) is 2.35. The Labute approximate surface area is 190 Å². The van der Waals surface area contributed by atoms with Crippen molar-refractivity contribution in [1.82, 2.24) is 19.9 Å². The van der Waals surface area contributed by atoms with E-state index in [2.05, 4.69) is 20.6 Å². The number of nitrogens with zero attached hydrogens (tertiary/aromatic N) is 3. The molecule has 33 heavy (non-hydrogen) atoms. The SMILES string of the molecule is Cc1nc(N[C@H](C)c2cccc(C(F)(F)CO)c2)c2cc(C3=CCNCC3)c(=O)n(C)c2n1. The number of anilines is 1. The van der Waals surface area contributed by atoms with Gasteiger partial charge in [0, 0.05) is 30.8 Å². The van der Waals surface area contributed by atoms with E-state index < -0.39 is 12.5 Å². The van der Waals surface area contributed by atoms with E-state index in [1.807, 2.05) is 19.1 Å². The van der Waals surface area contributed by atoms with Gasteiger partial charge < -0.3 is 15.7 Å². The maximum Gasteiger partial charge on any atom is 0.295 e. The van der Waals surface area contributed by atoms with Crippen LogP contribution in [0, 0.1) is 6.92 Å². The number of rotatable bonds is 6. The standard InChI is InChI=1S/C24H27F2N5O2/c1-14(17-5-4-6-18(11-17)24(25,26)13-32)28-21-20-12-19(16-7-9-27-10-8-16)23(33)31(3)22(20)30-15(2)29-21/h4-7,11-12,14,27,32H,8-10,13H2,1-3H3,(H,28,29,30)/t14-/m1/s1. The molecule has 0 amide bonds. The van der Waals surface area contributed by atoms with Gasteiger partial charge in [-0.2, -0.15) is 8.78 Å². The van der Waals surface area contributed by atoms with Crippen molar-refractivity contribution in [2.75, 3.05) is 25.0 Å². The van der Waals surface area contributed by atoms with Crippen LogP contribution in [0.25, 0.3) is 16.6 Å². The first-order valence-corrected chi connectivity index (χ1v) is 10.9. The zero-order valence-corrected chi connectivity index (χ0v) is 18.8. The molecular weight excluding hydrogens is 428 g/mol. The predicted octanol–water partition coefficient (Wildman–Crippen LogP) is 3.27. The number of hydrogen-bond donors (Lipinski definition) is 3. The number of aryl methyl sites for hydroxylation is 2. The molecule has 3 heterocycles. The van der Waals surface area contributed by atoms with Crippen LogP contribution in [0.2, 0.25) is 0 Å². The Bertz CT molecular complexity index is 1290. The summed E-state index contributed by atoms with van der Waals surface area (Å²) >= 11 is 0. The maximum absolute atomic E-state index is 14.0. The Kier molecular flexibility index (Phi) is 6.27. The van der Waals surface area contributed by atoms with E-state index in [0.717, 1.165) is 18.5 Å². The highest BCUT2D eigenvalue weighted by atomic mass is 19.3. The van der Waals surface area contributed by atoms with E-state index >= 15 is 0 Å². The Morgan fingerprint density at radius 2 is 2.09 bits per heavy atom. The number of fused-ring (bicyclic) bond motifs is 1. The molecule has 3 aromatic rings. The number of aromatic nitrogens is 3. The molecule has 1 atom stereocenters. The Balaban J connectivity index is 1.78. The molecule has 0 saturated heterocycles. The van der Waals surface area contributed by atoms with Gasteiger partial charge in [-0.15, -0.1) is 0 Å². The highest BCUT2D eigenvalue weighted by molar-refractivity contribution is 5.89. The molecule has 4 rings (SSSR count). The van der Waals surface area contributed by atoms with Crippen molar-refractivity contribution >= 4 is 22.4 Å². The minimum Gasteiger partial charge on any atom is -0.390 e. The maximum atomic E-state index is 14.0. The zero-order valence-electron chi connectivity index (χ0n) is 18.8. The van der Waals surface area contributed by atoms with Gasteiger partial charge in [0.05, 0.1) is 5.39 Å². The van der Waals surface area contributed by atoms with Crippen molar-refractivity contribution in [2.24, 2.45) is 7.05 Å². The van der Waals surface area contributed by atoms with Crippen LogP contribution < -0.4 is 16.2 Å². The third-order valence-electron chi connectivity index (χ3n) is 5.95. The largest absolute Gasteiger partial charge is 0.390 e. The fourth-order valence-corrected chi connectivity index (χ4v) is 4.06. The monoisotopic (exact) mass is 455 g/mol. The number of aliphatic hydroxyl groups is 1. The number of alkyl halides is 2. The van der Waals surface area contributed by atoms with Gasteiger partial charge in [0.2, 0.25) is 0 Å². The lowest BCUT2D eigenvalue weighted by molar-refractivity contribution is -0.0556. The molecule has 1 aliphatic rings. The molecule has 1 aliphatic heterocycles. The lowest BCUT2D eigenvalue weighted by Gasteiger charge is -2.21. The summed E-state index contributed by atoms with van der Waals surface area (Å²) in [4.78, 5) is 22.1. The van der Waals surface area contributed by atoms with Crippen LogP contribution >= 0.6 is 0 Å². The molecule has 0 aliphatic carbocycles. The normalized spacial score (nSPS) is 15.4. The van der Waals surface area contributed by atoms with Crippen molar-refractivity contribution in [3.63, 3.8) is 0 Å². The summed E-state index contributed by atoms with van der Waals surface area (Å²) < 4.78 is 29.5. The summed E-state index contributed by atoms with van der Waals surface area (Å²) in [6, 6.07) is 7.42. The van der Waals surface area contributed by atoms with Crippen LogP contribution in [-0.4, -0.2) is 39.3 Å². The smallest absolute Gasteiger partial charge is 0.295 e. The Morgan fingerprint density at radius 3 is 2.79 bits per heavy atom. The molecule has 7 nitrogen and oxygen atoms in total. The van der Waals surface area contributed by atoms with Crippen LogP contribution in [0.5, 0.6) is 0 Å². The molecule has 1 aromatic carbocycles. The molecule has 0 radical (unpaired) electrons. The first-order valence-electron chi connectivity index (χ1n) is 10.9. The second-order valence-electron chi connectivity index (χ2n) is 8.32. The average Bonchev–Trinajstić information content (AvgIpc) is 2.82. The highest BCUT2D eigenvalue weighted by Crippen LogP contribution is 2.31. The average molecular weight is 456 g/mol. The second kappa shape index (κ2) is 8.99. The predicted molar refractivity (Wildman–Crippen MR) is 124 cm³/mol. The van der Waals surface area contributed by atoms with Crippen molar-refractivity contribution < 1.29 is 13.9 Å². The number of nitrogens with one attached hydrogen (secondary N) is 2. The number of benzene rings is 1. The molecule has 3 N–H and O–H groups in total. The molecule has 0 bridgehead atoms. The summed E-state index contributed by atoms with van der Waals surface area (Å²) in [6.45, 7) is 3.84. The number of aliphatic hydroxyl groups excluding tert-OH is 1. The van der Waals surface area contributed by atoms with E-state index in [1.54, 1.807) is 26.1 Å². The minimum atomic E-state index is -3.32. The molecule has 2 aromatic heterocycles. The van der Waals surface area contributed by atoms with Gasteiger partial charge in [-0.1, -0.05) is 24.3 Å². The van der Waals surface area contributed by atoms with Crippen molar-refractivity contribution in [3.05, 3.63) is 69.3 Å². The lowest BCUT2D eigenvalue weighted by Crippen LogP contribution is -2.26. The van der Waals surface area contributed by atoms with Gasteiger partial charge in [0.1, 0.15) is 23.9 Å². The van der Waals surface area contributed by atoms with Crippen molar-refractivity contribution in [2.45, 2.75) is 32.2 Å². The quantitative estimate of drug-likeness (QED) is 0.529. The Hall–Kier alpha value is -3.17. The highest BCUT2D eigenvalue weighted by Gasteiger charge is 2.30. The molecule has 0 unspecified atom stereocenters.